The zero-order valence-corrected chi connectivity index (χ0v) is 25.0. The van der Waals surface area contributed by atoms with Crippen LogP contribution in [0, 0.1) is 0 Å². The first kappa shape index (κ1) is 32.5. The zero-order chi connectivity index (χ0) is 30.5. The van der Waals surface area contributed by atoms with Crippen LogP contribution in [0.4, 0.5) is 0 Å². The Morgan fingerprint density at radius 3 is 1.81 bits per heavy atom. The Hall–Kier alpha value is -4.01. The van der Waals surface area contributed by atoms with E-state index >= 15 is 0 Å². The zero-order valence-electron chi connectivity index (χ0n) is 25.0. The van der Waals surface area contributed by atoms with E-state index in [1.165, 1.54) is 0 Å². The molecule has 0 aromatic heterocycles. The summed E-state index contributed by atoms with van der Waals surface area (Å²) in [6.45, 7) is 5.99. The molecular weight excluding hydrogens is 530 g/mol. The fourth-order valence-corrected chi connectivity index (χ4v) is 4.78. The van der Waals surface area contributed by atoms with Gasteiger partial charge in [-0.1, -0.05) is 91.0 Å². The number of benzene rings is 3. The van der Waals surface area contributed by atoms with Gasteiger partial charge in [-0.25, -0.2) is 5.01 Å². The van der Waals surface area contributed by atoms with E-state index in [9.17, 15) is 19.5 Å². The van der Waals surface area contributed by atoms with Gasteiger partial charge in [0.05, 0.1) is 12.8 Å². The average Bonchev–Trinajstić information content (AvgIpc) is 2.94. The molecule has 1 amide bonds. The molecule has 3 aromatic rings. The van der Waals surface area contributed by atoms with E-state index in [-0.39, 0.29) is 25.3 Å². The van der Waals surface area contributed by atoms with Gasteiger partial charge in [-0.05, 0) is 50.3 Å². The summed E-state index contributed by atoms with van der Waals surface area (Å²) in [7, 11) is 1.76. The lowest BCUT2D eigenvalue weighted by Crippen LogP contribution is -2.58. The highest BCUT2D eigenvalue weighted by Crippen LogP contribution is 2.17. The molecular formula is C34H43N3O5. The first-order valence-corrected chi connectivity index (χ1v) is 14.3. The number of ether oxygens (including phenoxy) is 1. The van der Waals surface area contributed by atoms with Crippen molar-refractivity contribution in [1.82, 2.24) is 15.3 Å². The highest BCUT2D eigenvalue weighted by atomic mass is 16.6. The van der Waals surface area contributed by atoms with Crippen LogP contribution in [0.15, 0.2) is 91.0 Å². The van der Waals surface area contributed by atoms with Crippen LogP contribution in [0.1, 0.15) is 50.3 Å². The van der Waals surface area contributed by atoms with Crippen molar-refractivity contribution < 1.29 is 24.2 Å². The summed E-state index contributed by atoms with van der Waals surface area (Å²) < 4.78 is 5.56. The van der Waals surface area contributed by atoms with Crippen molar-refractivity contribution >= 4 is 17.8 Å². The number of nitrogens with one attached hydrogen (secondary N) is 1. The largest absolute Gasteiger partial charge is 0.481 e. The second-order valence-corrected chi connectivity index (χ2v) is 11.5. The molecule has 0 aliphatic rings. The number of hydrazine groups is 1. The minimum atomic E-state index is -0.956. The number of carboxylic acid groups (broad SMARTS) is 1. The summed E-state index contributed by atoms with van der Waals surface area (Å²) in [6, 6.07) is 27.8. The number of esters is 1. The van der Waals surface area contributed by atoms with Gasteiger partial charge in [0.1, 0.15) is 11.6 Å². The molecule has 0 heterocycles. The van der Waals surface area contributed by atoms with Gasteiger partial charge in [-0.15, -0.1) is 0 Å². The maximum Gasteiger partial charge on any atom is 0.307 e. The molecule has 3 aromatic carbocycles. The fourth-order valence-electron chi connectivity index (χ4n) is 4.78. The quantitative estimate of drug-likeness (QED) is 0.198. The van der Waals surface area contributed by atoms with Crippen molar-refractivity contribution in [2.45, 2.75) is 70.7 Å². The molecule has 2 N–H and O–H groups in total. The number of aliphatic carboxylic acids is 1. The molecule has 3 rings (SSSR count). The molecule has 0 bridgehead atoms. The number of amides is 1. The van der Waals surface area contributed by atoms with Crippen LogP contribution in [-0.4, -0.2) is 64.1 Å². The third-order valence-electron chi connectivity index (χ3n) is 6.64. The molecule has 0 aliphatic heterocycles. The van der Waals surface area contributed by atoms with Crippen molar-refractivity contribution in [3.05, 3.63) is 108 Å². The maximum atomic E-state index is 14.1. The van der Waals surface area contributed by atoms with Crippen LogP contribution < -0.4 is 5.43 Å². The van der Waals surface area contributed by atoms with Crippen molar-refractivity contribution in [2.24, 2.45) is 0 Å². The third-order valence-corrected chi connectivity index (χ3v) is 6.64. The van der Waals surface area contributed by atoms with Crippen molar-refractivity contribution in [1.29, 1.82) is 0 Å². The van der Waals surface area contributed by atoms with Gasteiger partial charge >= 0.3 is 11.9 Å². The predicted octanol–water partition coefficient (Wildman–Crippen LogP) is 4.88. The molecule has 2 atom stereocenters. The summed E-state index contributed by atoms with van der Waals surface area (Å²) in [5.74, 6) is -1.49. The highest BCUT2D eigenvalue weighted by Gasteiger charge is 2.32. The number of carbonyl (C=O) groups is 3. The molecule has 0 radical (unpaired) electrons. The lowest BCUT2D eigenvalue weighted by molar-refractivity contribution is -0.156. The minimum absolute atomic E-state index is 0.0242. The molecule has 224 valence electrons. The fraction of sp³-hybridized carbons (Fsp3) is 0.382. The Morgan fingerprint density at radius 1 is 0.810 bits per heavy atom. The van der Waals surface area contributed by atoms with Gasteiger partial charge in [0.15, 0.2) is 0 Å². The molecule has 0 saturated carbocycles. The van der Waals surface area contributed by atoms with Gasteiger partial charge in [-0.3, -0.25) is 19.8 Å². The summed E-state index contributed by atoms with van der Waals surface area (Å²) in [5, 5.41) is 11.5. The minimum Gasteiger partial charge on any atom is -0.481 e. The molecule has 0 aliphatic carbocycles. The predicted molar refractivity (Wildman–Crippen MR) is 163 cm³/mol. The van der Waals surface area contributed by atoms with E-state index in [1.807, 2.05) is 112 Å². The van der Waals surface area contributed by atoms with Crippen molar-refractivity contribution in [3.63, 3.8) is 0 Å². The monoisotopic (exact) mass is 573 g/mol. The van der Waals surface area contributed by atoms with Crippen LogP contribution in [0.2, 0.25) is 0 Å². The number of likely N-dealkylation sites (N-methyl/N-ethyl adjacent to an activating group) is 1. The van der Waals surface area contributed by atoms with Crippen LogP contribution in [0.25, 0.3) is 0 Å². The van der Waals surface area contributed by atoms with E-state index in [0.717, 1.165) is 16.7 Å². The Morgan fingerprint density at radius 2 is 1.31 bits per heavy atom. The first-order valence-electron chi connectivity index (χ1n) is 14.3. The van der Waals surface area contributed by atoms with Gasteiger partial charge in [0.25, 0.3) is 0 Å². The van der Waals surface area contributed by atoms with Gasteiger partial charge < -0.3 is 14.7 Å². The lowest BCUT2D eigenvalue weighted by atomic mass is 10.0. The molecule has 8 nitrogen and oxygen atoms in total. The molecule has 0 spiro atoms. The molecule has 0 unspecified atom stereocenters. The second-order valence-electron chi connectivity index (χ2n) is 11.5. The summed E-state index contributed by atoms with van der Waals surface area (Å²) in [6.07, 6.45) is 0.660. The van der Waals surface area contributed by atoms with Crippen LogP contribution in [-0.2, 0) is 38.5 Å². The average molecular weight is 574 g/mol. The van der Waals surface area contributed by atoms with Gasteiger partial charge in [-0.2, -0.15) is 0 Å². The first-order chi connectivity index (χ1) is 20.0. The van der Waals surface area contributed by atoms with Crippen LogP contribution >= 0.6 is 0 Å². The molecule has 8 heteroatoms. The maximum absolute atomic E-state index is 14.1. The number of hydrogen-bond donors (Lipinski definition) is 2. The topological polar surface area (TPSA) is 99.2 Å². The number of nitrogens with zero attached hydrogens (tertiary/aromatic N) is 2. The molecule has 0 saturated heterocycles. The van der Waals surface area contributed by atoms with Gasteiger partial charge in [0, 0.05) is 26.2 Å². The Labute approximate surface area is 249 Å². The standard InChI is InChI=1S/C34H43N3O5/c1-34(2,3)42-32(40)20-21-37(35-29(24-31(38)39)22-26-14-8-5-9-15-26)30(23-27-16-10-6-11-17-27)33(41)36(4)25-28-18-12-7-13-19-28/h5-19,29-30,35H,20-25H2,1-4H3,(H,38,39)/t29-,30-/m0/s1. The smallest absolute Gasteiger partial charge is 0.307 e. The third kappa shape index (κ3) is 11.5. The number of rotatable bonds is 15. The Bertz CT molecular complexity index is 1260. The molecule has 42 heavy (non-hydrogen) atoms. The van der Waals surface area contributed by atoms with E-state index in [2.05, 4.69) is 5.43 Å². The van der Waals surface area contributed by atoms with E-state index < -0.39 is 29.6 Å². The Kier molecular flexibility index (Phi) is 12.3. The SMILES string of the molecule is CN(Cc1ccccc1)C(=O)[C@H](Cc1ccccc1)N(CCC(=O)OC(C)(C)C)N[C@H](CC(=O)O)Cc1ccccc1. The normalized spacial score (nSPS) is 12.9. The number of carboxylic acids is 1. The summed E-state index contributed by atoms with van der Waals surface area (Å²) in [5.41, 5.74) is 5.63. The summed E-state index contributed by atoms with van der Waals surface area (Å²) >= 11 is 0. The van der Waals surface area contributed by atoms with Crippen LogP contribution in [0.3, 0.4) is 0 Å². The molecule has 0 fully saturated rings. The van der Waals surface area contributed by atoms with E-state index in [1.54, 1.807) is 17.0 Å². The van der Waals surface area contributed by atoms with E-state index in [4.69, 9.17) is 4.74 Å². The second kappa shape index (κ2) is 15.8. The lowest BCUT2D eigenvalue weighted by Gasteiger charge is -2.36. The van der Waals surface area contributed by atoms with Gasteiger partial charge in [0.2, 0.25) is 5.91 Å². The number of carbonyl (C=O) groups excluding carboxylic acids is 2. The highest BCUT2D eigenvalue weighted by molar-refractivity contribution is 5.82. The van der Waals surface area contributed by atoms with Crippen molar-refractivity contribution in [3.8, 4) is 0 Å². The summed E-state index contributed by atoms with van der Waals surface area (Å²) in [4.78, 5) is 40.5. The number of hydrogen-bond acceptors (Lipinski definition) is 6. The Balaban J connectivity index is 1.94. The van der Waals surface area contributed by atoms with Crippen LogP contribution in [0.5, 0.6) is 0 Å². The van der Waals surface area contributed by atoms with Crippen molar-refractivity contribution in [2.75, 3.05) is 13.6 Å². The van der Waals surface area contributed by atoms with E-state index in [0.29, 0.717) is 19.4 Å².